The van der Waals surface area contributed by atoms with Crippen LogP contribution in [-0.2, 0) is 9.59 Å². The molecule has 0 heterocycles. The zero-order valence-corrected chi connectivity index (χ0v) is 13.3. The summed E-state index contributed by atoms with van der Waals surface area (Å²) < 4.78 is 0.994. The second-order valence-electron chi connectivity index (χ2n) is 4.50. The van der Waals surface area contributed by atoms with E-state index in [1.807, 2.05) is 32.2 Å². The SMILES string of the molecule is CNCCCC(=O)NCC(=O)Nc1ccc(Br)c(C)c1. The molecule has 20 heavy (non-hydrogen) atoms. The summed E-state index contributed by atoms with van der Waals surface area (Å²) in [6, 6.07) is 5.56. The number of carbonyl (C=O) groups excluding carboxylic acids is 2. The number of amides is 2. The number of halogens is 1. The number of aryl methyl sites for hydroxylation is 1. The lowest BCUT2D eigenvalue weighted by Gasteiger charge is -2.08. The monoisotopic (exact) mass is 341 g/mol. The number of carbonyl (C=O) groups is 2. The third kappa shape index (κ3) is 6.16. The first kappa shape index (κ1) is 16.7. The van der Waals surface area contributed by atoms with Gasteiger partial charge < -0.3 is 16.0 Å². The van der Waals surface area contributed by atoms with Crippen molar-refractivity contribution in [2.24, 2.45) is 0 Å². The Morgan fingerprint density at radius 1 is 1.25 bits per heavy atom. The summed E-state index contributed by atoms with van der Waals surface area (Å²) in [5, 5.41) is 8.31. The summed E-state index contributed by atoms with van der Waals surface area (Å²) >= 11 is 3.40. The lowest BCUT2D eigenvalue weighted by molar-refractivity contribution is -0.124. The molecule has 1 aromatic rings. The maximum Gasteiger partial charge on any atom is 0.243 e. The Bertz CT molecular complexity index is 477. The molecule has 110 valence electrons. The van der Waals surface area contributed by atoms with Crippen molar-refractivity contribution in [2.75, 3.05) is 25.5 Å². The van der Waals surface area contributed by atoms with E-state index in [9.17, 15) is 9.59 Å². The predicted octanol–water partition coefficient (Wildman–Crippen LogP) is 1.81. The fourth-order valence-electron chi connectivity index (χ4n) is 1.62. The second-order valence-corrected chi connectivity index (χ2v) is 5.35. The number of rotatable bonds is 7. The maximum absolute atomic E-state index is 11.7. The van der Waals surface area contributed by atoms with Crippen LogP contribution in [-0.4, -0.2) is 32.0 Å². The van der Waals surface area contributed by atoms with Gasteiger partial charge in [0.2, 0.25) is 11.8 Å². The van der Waals surface area contributed by atoms with Crippen LogP contribution in [0.3, 0.4) is 0 Å². The highest BCUT2D eigenvalue weighted by Crippen LogP contribution is 2.19. The molecule has 2 amide bonds. The van der Waals surface area contributed by atoms with Gasteiger partial charge in [0.05, 0.1) is 6.54 Å². The van der Waals surface area contributed by atoms with Crippen molar-refractivity contribution in [2.45, 2.75) is 19.8 Å². The molecule has 0 aliphatic heterocycles. The van der Waals surface area contributed by atoms with Gasteiger partial charge in [-0.05, 0) is 50.7 Å². The molecule has 0 spiro atoms. The Morgan fingerprint density at radius 2 is 2.00 bits per heavy atom. The molecule has 3 N–H and O–H groups in total. The Kier molecular flexibility index (Phi) is 7.25. The summed E-state index contributed by atoms with van der Waals surface area (Å²) in [4.78, 5) is 23.1. The summed E-state index contributed by atoms with van der Waals surface area (Å²) in [7, 11) is 1.84. The van der Waals surface area contributed by atoms with Gasteiger partial charge in [0, 0.05) is 16.6 Å². The number of benzene rings is 1. The highest BCUT2D eigenvalue weighted by Gasteiger charge is 2.06. The number of nitrogens with one attached hydrogen (secondary N) is 3. The fourth-order valence-corrected chi connectivity index (χ4v) is 1.87. The third-order valence-corrected chi connectivity index (χ3v) is 3.61. The summed E-state index contributed by atoms with van der Waals surface area (Å²) in [6.07, 6.45) is 1.18. The van der Waals surface area contributed by atoms with Crippen molar-refractivity contribution in [3.05, 3.63) is 28.2 Å². The molecule has 1 rings (SSSR count). The van der Waals surface area contributed by atoms with Gasteiger partial charge in [-0.25, -0.2) is 0 Å². The van der Waals surface area contributed by atoms with Crippen molar-refractivity contribution in [3.63, 3.8) is 0 Å². The molecule has 0 aliphatic rings. The minimum Gasteiger partial charge on any atom is -0.347 e. The van der Waals surface area contributed by atoms with E-state index < -0.39 is 0 Å². The second kappa shape index (κ2) is 8.71. The average Bonchev–Trinajstić information content (AvgIpc) is 2.41. The average molecular weight is 342 g/mol. The normalized spacial score (nSPS) is 10.2. The molecule has 0 saturated heterocycles. The van der Waals surface area contributed by atoms with Crippen LogP contribution in [0.1, 0.15) is 18.4 Å². The summed E-state index contributed by atoms with van der Waals surface area (Å²) in [5.74, 6) is -0.337. The number of hydrogen-bond acceptors (Lipinski definition) is 3. The Hall–Kier alpha value is -1.40. The highest BCUT2D eigenvalue weighted by atomic mass is 79.9. The number of anilines is 1. The molecule has 1 aromatic carbocycles. The molecule has 0 saturated carbocycles. The fraction of sp³-hybridized carbons (Fsp3) is 0.429. The number of hydrogen-bond donors (Lipinski definition) is 3. The van der Waals surface area contributed by atoms with Crippen LogP contribution < -0.4 is 16.0 Å². The van der Waals surface area contributed by atoms with Crippen LogP contribution in [0.2, 0.25) is 0 Å². The van der Waals surface area contributed by atoms with E-state index in [4.69, 9.17) is 0 Å². The third-order valence-electron chi connectivity index (χ3n) is 2.72. The molecule has 0 aromatic heterocycles. The molecule has 0 bridgehead atoms. The smallest absolute Gasteiger partial charge is 0.243 e. The first-order chi connectivity index (χ1) is 9.52. The van der Waals surface area contributed by atoms with Crippen LogP contribution in [0.5, 0.6) is 0 Å². The predicted molar refractivity (Wildman–Crippen MR) is 83.7 cm³/mol. The van der Waals surface area contributed by atoms with Crippen LogP contribution in [0.4, 0.5) is 5.69 Å². The highest BCUT2D eigenvalue weighted by molar-refractivity contribution is 9.10. The molecule has 0 aliphatic carbocycles. The zero-order chi connectivity index (χ0) is 15.0. The van der Waals surface area contributed by atoms with E-state index in [0.717, 1.165) is 28.7 Å². The minimum absolute atomic E-state index is 0.00645. The Balaban J connectivity index is 2.32. The molecule has 0 radical (unpaired) electrons. The van der Waals surface area contributed by atoms with Gasteiger partial charge in [-0.2, -0.15) is 0 Å². The van der Waals surface area contributed by atoms with Crippen LogP contribution in [0, 0.1) is 6.92 Å². The largest absolute Gasteiger partial charge is 0.347 e. The van der Waals surface area contributed by atoms with Gasteiger partial charge >= 0.3 is 0 Å². The Labute approximate surface area is 127 Å². The first-order valence-corrected chi connectivity index (χ1v) is 7.29. The first-order valence-electron chi connectivity index (χ1n) is 6.50. The van der Waals surface area contributed by atoms with E-state index in [0.29, 0.717) is 6.42 Å². The van der Waals surface area contributed by atoms with Gasteiger partial charge in [0.25, 0.3) is 0 Å². The van der Waals surface area contributed by atoms with E-state index >= 15 is 0 Å². The van der Waals surface area contributed by atoms with Crippen molar-refractivity contribution in [3.8, 4) is 0 Å². The van der Waals surface area contributed by atoms with E-state index in [-0.39, 0.29) is 18.4 Å². The van der Waals surface area contributed by atoms with Crippen LogP contribution >= 0.6 is 15.9 Å². The lowest BCUT2D eigenvalue weighted by atomic mass is 10.2. The lowest BCUT2D eigenvalue weighted by Crippen LogP contribution is -2.33. The summed E-state index contributed by atoms with van der Waals surface area (Å²) in [6.45, 7) is 2.73. The van der Waals surface area contributed by atoms with Gasteiger partial charge in [0.15, 0.2) is 0 Å². The molecule has 6 heteroatoms. The topological polar surface area (TPSA) is 70.2 Å². The van der Waals surface area contributed by atoms with Crippen molar-refractivity contribution < 1.29 is 9.59 Å². The molecule has 0 atom stereocenters. The van der Waals surface area contributed by atoms with Crippen molar-refractivity contribution in [1.29, 1.82) is 0 Å². The van der Waals surface area contributed by atoms with Gasteiger partial charge in [-0.1, -0.05) is 15.9 Å². The zero-order valence-electron chi connectivity index (χ0n) is 11.8. The van der Waals surface area contributed by atoms with Crippen LogP contribution in [0.15, 0.2) is 22.7 Å². The van der Waals surface area contributed by atoms with Gasteiger partial charge in [-0.3, -0.25) is 9.59 Å². The summed E-state index contributed by atoms with van der Waals surface area (Å²) in [5.41, 5.74) is 1.76. The quantitative estimate of drug-likeness (QED) is 0.662. The van der Waals surface area contributed by atoms with Crippen LogP contribution in [0.25, 0.3) is 0 Å². The van der Waals surface area contributed by atoms with Crippen molar-refractivity contribution >= 4 is 33.4 Å². The minimum atomic E-state index is -0.228. The van der Waals surface area contributed by atoms with E-state index in [1.165, 1.54) is 0 Å². The van der Waals surface area contributed by atoms with Crippen molar-refractivity contribution in [1.82, 2.24) is 10.6 Å². The maximum atomic E-state index is 11.7. The molecule has 5 nitrogen and oxygen atoms in total. The van der Waals surface area contributed by atoms with E-state index in [2.05, 4.69) is 31.9 Å². The Morgan fingerprint density at radius 3 is 2.65 bits per heavy atom. The van der Waals surface area contributed by atoms with Gasteiger partial charge in [0.1, 0.15) is 0 Å². The molecule has 0 fully saturated rings. The molecular formula is C14H20BrN3O2. The molecule has 0 unspecified atom stereocenters. The van der Waals surface area contributed by atoms with E-state index in [1.54, 1.807) is 0 Å². The van der Waals surface area contributed by atoms with Gasteiger partial charge in [-0.15, -0.1) is 0 Å². The molecular weight excluding hydrogens is 322 g/mol. The standard InChI is InChI=1S/C14H20BrN3O2/c1-10-8-11(5-6-12(10)15)18-14(20)9-17-13(19)4-3-7-16-2/h5-6,8,16H,3-4,7,9H2,1-2H3,(H,17,19)(H,18,20).